The van der Waals surface area contributed by atoms with Crippen LogP contribution < -0.4 is 0 Å². The Bertz CT molecular complexity index is 468. The summed E-state index contributed by atoms with van der Waals surface area (Å²) in [4.78, 5) is 22.1. The summed E-state index contributed by atoms with van der Waals surface area (Å²) in [6.07, 6.45) is -3.30. The lowest BCUT2D eigenvalue weighted by Gasteiger charge is -2.18. The lowest BCUT2D eigenvalue weighted by Crippen LogP contribution is -2.35. The van der Waals surface area contributed by atoms with E-state index >= 15 is 0 Å². The van der Waals surface area contributed by atoms with Crippen LogP contribution in [-0.2, 0) is 6.42 Å². The molecule has 104 valence electrons. The number of benzene rings is 1. The summed E-state index contributed by atoms with van der Waals surface area (Å²) in [7, 11) is 0. The molecule has 1 N–H and O–H groups in total. The second-order valence-corrected chi connectivity index (χ2v) is 4.25. The third kappa shape index (κ3) is 4.82. The van der Waals surface area contributed by atoms with E-state index in [-0.39, 0.29) is 18.5 Å². The van der Waals surface area contributed by atoms with Crippen molar-refractivity contribution in [3.8, 4) is 0 Å². The first kappa shape index (κ1) is 15.4. The van der Waals surface area contributed by atoms with Crippen LogP contribution in [0.1, 0.15) is 15.9 Å². The number of hydrogen-bond acceptors (Lipinski definition) is 2. The third-order valence-corrected chi connectivity index (χ3v) is 2.83. The Hall–Kier alpha value is -1.69. The maximum atomic E-state index is 12.2. The summed E-state index contributed by atoms with van der Waals surface area (Å²) in [6, 6.07) is 4.65. The second-order valence-electron chi connectivity index (χ2n) is 3.84. The third-order valence-electron chi connectivity index (χ3n) is 2.49. The predicted molar refractivity (Wildman–Crippen MR) is 66.1 cm³/mol. The van der Waals surface area contributed by atoms with Crippen molar-refractivity contribution in [2.75, 3.05) is 13.1 Å². The maximum absolute atomic E-state index is 12.2. The number of halogens is 3. The summed E-state index contributed by atoms with van der Waals surface area (Å²) in [6.45, 7) is -0.900. The molecule has 0 aromatic heterocycles. The molecule has 1 rings (SSSR count). The van der Waals surface area contributed by atoms with Gasteiger partial charge in [0.25, 0.3) is 6.43 Å². The van der Waals surface area contributed by atoms with Crippen LogP contribution in [-0.4, -0.2) is 41.9 Å². The largest absolute Gasteiger partial charge is 0.465 e. The van der Waals surface area contributed by atoms with Gasteiger partial charge < -0.3 is 10.0 Å². The van der Waals surface area contributed by atoms with Crippen molar-refractivity contribution < 1.29 is 23.5 Å². The molecule has 0 heterocycles. The zero-order valence-corrected chi connectivity index (χ0v) is 10.6. The highest BCUT2D eigenvalue weighted by Gasteiger charge is 2.16. The van der Waals surface area contributed by atoms with E-state index in [9.17, 15) is 18.4 Å². The van der Waals surface area contributed by atoms with E-state index in [1.54, 1.807) is 6.07 Å². The van der Waals surface area contributed by atoms with Gasteiger partial charge >= 0.3 is 6.09 Å². The topological polar surface area (TPSA) is 57.6 Å². The number of alkyl halides is 2. The monoisotopic (exact) mass is 291 g/mol. The number of carboxylic acid groups (broad SMARTS) is 1. The standard InChI is InChI=1S/C12H12ClF2NO3/c13-10-2-1-8(5-9(10)7-17)3-4-16(12(18)19)6-11(14)15/h1-2,5,7,11H,3-4,6H2,(H,18,19). The molecule has 0 aliphatic carbocycles. The SMILES string of the molecule is O=Cc1cc(CCN(CC(F)F)C(=O)O)ccc1Cl. The van der Waals surface area contributed by atoms with Crippen LogP contribution in [0, 0.1) is 0 Å². The summed E-state index contributed by atoms with van der Waals surface area (Å²) in [5.74, 6) is 0. The zero-order valence-electron chi connectivity index (χ0n) is 9.85. The fraction of sp³-hybridized carbons (Fsp3) is 0.333. The van der Waals surface area contributed by atoms with Crippen molar-refractivity contribution in [3.63, 3.8) is 0 Å². The number of carbonyl (C=O) groups is 2. The molecule has 1 aromatic rings. The zero-order chi connectivity index (χ0) is 14.4. The van der Waals surface area contributed by atoms with Crippen LogP contribution in [0.2, 0.25) is 5.02 Å². The fourth-order valence-corrected chi connectivity index (χ4v) is 1.70. The molecule has 19 heavy (non-hydrogen) atoms. The Labute approximate surface area is 113 Å². The fourth-order valence-electron chi connectivity index (χ4n) is 1.53. The average Bonchev–Trinajstić information content (AvgIpc) is 2.35. The highest BCUT2D eigenvalue weighted by molar-refractivity contribution is 6.32. The van der Waals surface area contributed by atoms with Crippen molar-refractivity contribution in [1.29, 1.82) is 0 Å². The molecule has 0 saturated heterocycles. The van der Waals surface area contributed by atoms with Crippen molar-refractivity contribution in [2.24, 2.45) is 0 Å². The van der Waals surface area contributed by atoms with Gasteiger partial charge in [0.05, 0.1) is 11.6 Å². The van der Waals surface area contributed by atoms with Gasteiger partial charge in [-0.05, 0) is 24.1 Å². The molecule has 0 fully saturated rings. The van der Waals surface area contributed by atoms with Gasteiger partial charge in [0.1, 0.15) is 0 Å². The summed E-state index contributed by atoms with van der Waals surface area (Å²) in [5, 5.41) is 9.05. The van der Waals surface area contributed by atoms with Crippen molar-refractivity contribution >= 4 is 24.0 Å². The number of aldehydes is 1. The minimum absolute atomic E-state index is 0.0698. The minimum Gasteiger partial charge on any atom is -0.465 e. The molecule has 0 aliphatic rings. The molecule has 0 radical (unpaired) electrons. The van der Waals surface area contributed by atoms with Crippen LogP contribution in [0.25, 0.3) is 0 Å². The Morgan fingerprint density at radius 2 is 2.16 bits per heavy atom. The molecule has 0 spiro atoms. The molecule has 0 unspecified atom stereocenters. The summed E-state index contributed by atoms with van der Waals surface area (Å²) >= 11 is 5.74. The van der Waals surface area contributed by atoms with E-state index in [1.165, 1.54) is 12.1 Å². The quantitative estimate of drug-likeness (QED) is 0.820. The lowest BCUT2D eigenvalue weighted by atomic mass is 10.1. The molecule has 1 aromatic carbocycles. The number of hydrogen-bond donors (Lipinski definition) is 1. The first-order valence-corrected chi connectivity index (χ1v) is 5.81. The van der Waals surface area contributed by atoms with Gasteiger partial charge in [0.15, 0.2) is 6.29 Å². The Morgan fingerprint density at radius 1 is 1.47 bits per heavy atom. The molecular formula is C12H12ClF2NO3. The minimum atomic E-state index is -2.72. The maximum Gasteiger partial charge on any atom is 0.407 e. The van der Waals surface area contributed by atoms with Crippen LogP contribution in [0.15, 0.2) is 18.2 Å². The number of amides is 1. The van der Waals surface area contributed by atoms with Gasteiger partial charge in [-0.25, -0.2) is 13.6 Å². The van der Waals surface area contributed by atoms with Crippen LogP contribution in [0.3, 0.4) is 0 Å². The second kappa shape index (κ2) is 7.04. The number of rotatable bonds is 6. The Balaban J connectivity index is 2.68. The molecule has 4 nitrogen and oxygen atoms in total. The highest BCUT2D eigenvalue weighted by atomic mass is 35.5. The first-order valence-electron chi connectivity index (χ1n) is 5.43. The highest BCUT2D eigenvalue weighted by Crippen LogP contribution is 2.16. The Kier molecular flexibility index (Phi) is 5.69. The van der Waals surface area contributed by atoms with Crippen LogP contribution in [0.4, 0.5) is 13.6 Å². The summed E-state index contributed by atoms with van der Waals surface area (Å²) < 4.78 is 24.3. The normalized spacial score (nSPS) is 10.5. The Morgan fingerprint density at radius 3 is 2.68 bits per heavy atom. The molecule has 0 aliphatic heterocycles. The summed E-state index contributed by atoms with van der Waals surface area (Å²) in [5.41, 5.74) is 0.946. The molecular weight excluding hydrogens is 280 g/mol. The average molecular weight is 292 g/mol. The van der Waals surface area contributed by atoms with E-state index in [1.807, 2.05) is 0 Å². The van der Waals surface area contributed by atoms with E-state index in [2.05, 4.69) is 0 Å². The molecule has 1 amide bonds. The lowest BCUT2D eigenvalue weighted by molar-refractivity contribution is 0.0802. The predicted octanol–water partition coefficient (Wildman–Crippen LogP) is 2.94. The van der Waals surface area contributed by atoms with E-state index < -0.39 is 19.1 Å². The van der Waals surface area contributed by atoms with E-state index in [0.29, 0.717) is 21.8 Å². The van der Waals surface area contributed by atoms with E-state index in [0.717, 1.165) is 0 Å². The van der Waals surface area contributed by atoms with Crippen molar-refractivity contribution in [3.05, 3.63) is 34.3 Å². The van der Waals surface area contributed by atoms with Crippen LogP contribution >= 0.6 is 11.6 Å². The molecule has 7 heteroatoms. The van der Waals surface area contributed by atoms with Crippen LogP contribution in [0.5, 0.6) is 0 Å². The van der Waals surface area contributed by atoms with Gasteiger partial charge in [0, 0.05) is 12.1 Å². The van der Waals surface area contributed by atoms with E-state index in [4.69, 9.17) is 16.7 Å². The van der Waals surface area contributed by atoms with Gasteiger partial charge in [-0.3, -0.25) is 4.79 Å². The van der Waals surface area contributed by atoms with Gasteiger partial charge in [0.2, 0.25) is 0 Å². The van der Waals surface area contributed by atoms with Crippen molar-refractivity contribution in [1.82, 2.24) is 4.90 Å². The number of carbonyl (C=O) groups excluding carboxylic acids is 1. The molecule has 0 bridgehead atoms. The van der Waals surface area contributed by atoms with Gasteiger partial charge in [-0.2, -0.15) is 0 Å². The molecule has 0 saturated carbocycles. The first-order chi connectivity index (χ1) is 8.93. The number of nitrogens with zero attached hydrogens (tertiary/aromatic N) is 1. The van der Waals surface area contributed by atoms with Gasteiger partial charge in [-0.1, -0.05) is 17.7 Å². The molecule has 0 atom stereocenters. The smallest absolute Gasteiger partial charge is 0.407 e. The van der Waals surface area contributed by atoms with Gasteiger partial charge in [-0.15, -0.1) is 0 Å². The van der Waals surface area contributed by atoms with Crippen molar-refractivity contribution in [2.45, 2.75) is 12.8 Å².